The van der Waals surface area contributed by atoms with Crippen LogP contribution in [0.25, 0.3) is 0 Å². The van der Waals surface area contributed by atoms with Gasteiger partial charge in [0.1, 0.15) is 5.75 Å². The minimum absolute atomic E-state index is 0.0596. The maximum Gasteiger partial charge on any atom is 0.255 e. The zero-order valence-electron chi connectivity index (χ0n) is 16.5. The highest BCUT2D eigenvalue weighted by Crippen LogP contribution is 2.52. The zero-order valence-corrected chi connectivity index (χ0v) is 18.0. The third kappa shape index (κ3) is 3.67. The molecule has 3 atom stereocenters. The van der Waals surface area contributed by atoms with Crippen molar-refractivity contribution in [1.29, 1.82) is 0 Å². The van der Waals surface area contributed by atoms with Gasteiger partial charge in [-0.2, -0.15) is 0 Å². The summed E-state index contributed by atoms with van der Waals surface area (Å²) < 4.78 is 0. The van der Waals surface area contributed by atoms with Crippen molar-refractivity contribution < 1.29 is 9.90 Å². The van der Waals surface area contributed by atoms with Gasteiger partial charge in [-0.1, -0.05) is 53.6 Å². The van der Waals surface area contributed by atoms with Gasteiger partial charge in [0.15, 0.2) is 0 Å². The van der Waals surface area contributed by atoms with Gasteiger partial charge >= 0.3 is 0 Å². The van der Waals surface area contributed by atoms with Crippen LogP contribution in [0.15, 0.2) is 72.8 Å². The molecule has 5 rings (SSSR count). The second-order valence-electron chi connectivity index (χ2n) is 7.92. The van der Waals surface area contributed by atoms with E-state index in [0.29, 0.717) is 16.1 Å². The van der Waals surface area contributed by atoms with Crippen LogP contribution in [0.3, 0.4) is 0 Å². The predicted octanol–water partition coefficient (Wildman–Crippen LogP) is 6.78. The predicted molar refractivity (Wildman–Crippen MR) is 125 cm³/mol. The van der Waals surface area contributed by atoms with Crippen LogP contribution in [-0.4, -0.2) is 11.0 Å². The SMILES string of the molecule is O=C(Nc1ccc2c(c1)C1C=CCC1C(c1cc(Cl)cc(Cl)c1O)N2)c1ccccc1. The highest BCUT2D eigenvalue weighted by molar-refractivity contribution is 6.35. The van der Waals surface area contributed by atoms with Crippen LogP contribution in [0, 0.1) is 5.92 Å². The molecule has 31 heavy (non-hydrogen) atoms. The first kappa shape index (κ1) is 20.0. The molecule has 0 aromatic heterocycles. The Bertz CT molecular complexity index is 1190. The molecule has 1 amide bonds. The van der Waals surface area contributed by atoms with Crippen LogP contribution in [0.1, 0.15) is 39.9 Å². The second-order valence-corrected chi connectivity index (χ2v) is 8.77. The molecule has 6 heteroatoms. The highest BCUT2D eigenvalue weighted by atomic mass is 35.5. The average Bonchev–Trinajstić information content (AvgIpc) is 3.27. The molecule has 3 N–H and O–H groups in total. The van der Waals surface area contributed by atoms with Gasteiger partial charge in [-0.3, -0.25) is 4.79 Å². The van der Waals surface area contributed by atoms with Gasteiger partial charge in [0.2, 0.25) is 0 Å². The van der Waals surface area contributed by atoms with E-state index in [1.165, 1.54) is 0 Å². The van der Waals surface area contributed by atoms with E-state index in [2.05, 4.69) is 22.8 Å². The normalized spacial score (nSPS) is 21.2. The zero-order chi connectivity index (χ0) is 21.5. The van der Waals surface area contributed by atoms with Crippen LogP contribution in [0.4, 0.5) is 11.4 Å². The van der Waals surface area contributed by atoms with Crippen molar-refractivity contribution in [3.63, 3.8) is 0 Å². The number of aromatic hydroxyl groups is 1. The van der Waals surface area contributed by atoms with Crippen molar-refractivity contribution in [3.05, 3.63) is 99.6 Å². The van der Waals surface area contributed by atoms with E-state index in [4.69, 9.17) is 23.2 Å². The van der Waals surface area contributed by atoms with E-state index in [1.807, 2.05) is 36.4 Å². The number of amides is 1. The number of anilines is 2. The van der Waals surface area contributed by atoms with E-state index in [1.54, 1.807) is 24.3 Å². The summed E-state index contributed by atoms with van der Waals surface area (Å²) in [7, 11) is 0. The van der Waals surface area contributed by atoms with Crippen LogP contribution in [0.5, 0.6) is 5.75 Å². The Morgan fingerprint density at radius 2 is 1.84 bits per heavy atom. The van der Waals surface area contributed by atoms with Gasteiger partial charge in [-0.25, -0.2) is 0 Å². The lowest BCUT2D eigenvalue weighted by atomic mass is 9.76. The molecule has 0 fully saturated rings. The van der Waals surface area contributed by atoms with Gasteiger partial charge in [0, 0.05) is 33.4 Å². The van der Waals surface area contributed by atoms with Gasteiger partial charge in [0.25, 0.3) is 5.91 Å². The van der Waals surface area contributed by atoms with Crippen molar-refractivity contribution >= 4 is 40.5 Å². The number of benzene rings is 3. The Labute approximate surface area is 190 Å². The number of phenolic OH excluding ortho intramolecular Hbond substituents is 1. The number of allylic oxidation sites excluding steroid dienone is 2. The number of fused-ring (bicyclic) bond motifs is 3. The summed E-state index contributed by atoms with van der Waals surface area (Å²) in [5, 5.41) is 17.9. The number of hydrogen-bond donors (Lipinski definition) is 3. The van der Waals surface area contributed by atoms with Crippen LogP contribution in [-0.2, 0) is 0 Å². The molecule has 0 radical (unpaired) electrons. The number of nitrogens with one attached hydrogen (secondary N) is 2. The lowest BCUT2D eigenvalue weighted by Gasteiger charge is -2.38. The fraction of sp³-hybridized carbons (Fsp3) is 0.160. The summed E-state index contributed by atoms with van der Waals surface area (Å²) >= 11 is 12.4. The number of hydrogen-bond acceptors (Lipinski definition) is 3. The Kier molecular flexibility index (Phi) is 5.12. The lowest BCUT2D eigenvalue weighted by Crippen LogP contribution is -2.29. The summed E-state index contributed by atoms with van der Waals surface area (Å²) in [6.45, 7) is 0. The van der Waals surface area contributed by atoms with E-state index >= 15 is 0 Å². The summed E-state index contributed by atoms with van der Waals surface area (Å²) in [5.41, 5.74) is 4.15. The molecule has 0 bridgehead atoms. The average molecular weight is 451 g/mol. The first-order valence-electron chi connectivity index (χ1n) is 10.1. The molecule has 0 saturated carbocycles. The molecular formula is C25H20Cl2N2O2. The second kappa shape index (κ2) is 7.95. The van der Waals surface area contributed by atoms with Crippen LogP contribution >= 0.6 is 23.2 Å². The van der Waals surface area contributed by atoms with Crippen molar-refractivity contribution in [1.82, 2.24) is 0 Å². The number of rotatable bonds is 3. The Hall–Kier alpha value is -2.95. The maximum absolute atomic E-state index is 12.6. The summed E-state index contributed by atoms with van der Waals surface area (Å²) in [4.78, 5) is 12.6. The van der Waals surface area contributed by atoms with E-state index in [0.717, 1.165) is 23.4 Å². The Morgan fingerprint density at radius 3 is 2.65 bits per heavy atom. The summed E-state index contributed by atoms with van der Waals surface area (Å²) in [5.74, 6) is 0.281. The van der Waals surface area contributed by atoms with Gasteiger partial charge in [0.05, 0.1) is 11.1 Å². The third-order valence-corrected chi connectivity index (χ3v) is 6.56. The molecular weight excluding hydrogens is 431 g/mol. The smallest absolute Gasteiger partial charge is 0.255 e. The van der Waals surface area contributed by atoms with E-state index in [9.17, 15) is 9.90 Å². The van der Waals surface area contributed by atoms with Crippen LogP contribution < -0.4 is 10.6 Å². The largest absolute Gasteiger partial charge is 0.506 e. The number of carbonyl (C=O) groups is 1. The fourth-order valence-corrected chi connectivity index (χ4v) is 5.10. The highest BCUT2D eigenvalue weighted by Gasteiger charge is 2.39. The quantitative estimate of drug-likeness (QED) is 0.385. The Morgan fingerprint density at radius 1 is 1.03 bits per heavy atom. The van der Waals surface area contributed by atoms with Gasteiger partial charge in [-0.05, 0) is 60.4 Å². The van der Waals surface area contributed by atoms with Crippen molar-refractivity contribution in [2.75, 3.05) is 10.6 Å². The van der Waals surface area contributed by atoms with Crippen LogP contribution in [0.2, 0.25) is 10.0 Å². The fourth-order valence-electron chi connectivity index (χ4n) is 4.60. The van der Waals surface area contributed by atoms with Gasteiger partial charge in [-0.15, -0.1) is 0 Å². The first-order valence-corrected chi connectivity index (χ1v) is 10.9. The van der Waals surface area contributed by atoms with Crippen molar-refractivity contribution in [2.45, 2.75) is 18.4 Å². The molecule has 1 aliphatic heterocycles. The molecule has 3 unspecified atom stereocenters. The molecule has 0 spiro atoms. The minimum atomic E-state index is -0.140. The topological polar surface area (TPSA) is 61.4 Å². The molecule has 1 aliphatic carbocycles. The monoisotopic (exact) mass is 450 g/mol. The maximum atomic E-state index is 12.6. The van der Waals surface area contributed by atoms with E-state index < -0.39 is 0 Å². The summed E-state index contributed by atoms with van der Waals surface area (Å²) in [6.07, 6.45) is 5.23. The molecule has 3 aromatic rings. The molecule has 2 aliphatic rings. The van der Waals surface area contributed by atoms with Crippen molar-refractivity contribution in [2.24, 2.45) is 5.92 Å². The first-order chi connectivity index (χ1) is 15.0. The molecule has 1 heterocycles. The minimum Gasteiger partial charge on any atom is -0.506 e. The standard InChI is InChI=1S/C25H20Cl2N2O2/c26-15-11-20(24(30)21(27)12-15)23-18-8-4-7-17(18)19-13-16(9-10-22(19)29-23)28-25(31)14-5-2-1-3-6-14/h1-7,9-13,17-18,23,29-30H,8H2,(H,28,31). The molecule has 3 aromatic carbocycles. The van der Waals surface area contributed by atoms with Crippen molar-refractivity contribution in [3.8, 4) is 5.75 Å². The molecule has 4 nitrogen and oxygen atoms in total. The lowest BCUT2D eigenvalue weighted by molar-refractivity contribution is 0.102. The Balaban J connectivity index is 1.48. The molecule has 156 valence electrons. The number of halogens is 2. The van der Waals surface area contributed by atoms with E-state index in [-0.39, 0.29) is 34.6 Å². The number of phenols is 1. The van der Waals surface area contributed by atoms with Gasteiger partial charge < -0.3 is 15.7 Å². The number of carbonyl (C=O) groups excluding carboxylic acids is 1. The molecule has 0 saturated heterocycles. The third-order valence-electron chi connectivity index (χ3n) is 6.05. The summed E-state index contributed by atoms with van der Waals surface area (Å²) in [6, 6.07) is 18.2.